The molecule has 0 saturated carbocycles. The normalized spacial score (nSPS) is 11.7. The first-order chi connectivity index (χ1) is 8.99. The summed E-state index contributed by atoms with van der Waals surface area (Å²) in [6.45, 7) is 3.45. The van der Waals surface area contributed by atoms with Gasteiger partial charge in [-0.3, -0.25) is 4.79 Å². The molecule has 0 aliphatic carbocycles. The summed E-state index contributed by atoms with van der Waals surface area (Å²) in [6, 6.07) is 3.30. The zero-order chi connectivity index (χ0) is 14.0. The average Bonchev–Trinajstić information content (AvgIpc) is 2.91. The van der Waals surface area contributed by atoms with Crippen LogP contribution in [0.15, 0.2) is 27.9 Å². The highest BCUT2D eigenvalue weighted by Gasteiger charge is 2.12. The fourth-order valence-corrected chi connectivity index (χ4v) is 3.03. The molecule has 2 rings (SSSR count). The number of rotatable bonds is 3. The van der Waals surface area contributed by atoms with E-state index in [9.17, 15) is 4.79 Å². The van der Waals surface area contributed by atoms with Crippen molar-refractivity contribution in [2.45, 2.75) is 13.8 Å². The number of nitrogens with zero attached hydrogens (tertiary/aromatic N) is 1. The summed E-state index contributed by atoms with van der Waals surface area (Å²) in [6.07, 6.45) is 1.45. The fraction of sp³-hybridized carbons (Fsp3) is 0.167. The molecule has 7 heteroatoms. The second-order valence-corrected chi connectivity index (χ2v) is 6.05. The summed E-state index contributed by atoms with van der Waals surface area (Å²) in [5.74, 6) is 0.213. The number of aryl methyl sites for hydroxylation is 1. The van der Waals surface area contributed by atoms with Crippen LogP contribution < -0.4 is 5.43 Å². The van der Waals surface area contributed by atoms with Crippen LogP contribution in [0.25, 0.3) is 0 Å². The first-order valence-corrected chi connectivity index (χ1v) is 6.90. The highest BCUT2D eigenvalue weighted by molar-refractivity contribution is 7.20. The zero-order valence-electron chi connectivity index (χ0n) is 10.2. The molecule has 4 nitrogen and oxygen atoms in total. The lowest BCUT2D eigenvalue weighted by molar-refractivity contribution is 0.0953. The topological polar surface area (TPSA) is 54.6 Å². The molecule has 0 spiro atoms. The second kappa shape index (κ2) is 5.77. The van der Waals surface area contributed by atoms with Crippen LogP contribution >= 0.6 is 34.5 Å². The fourth-order valence-electron chi connectivity index (χ4n) is 1.46. The molecule has 2 aromatic heterocycles. The van der Waals surface area contributed by atoms with E-state index in [1.807, 2.05) is 0 Å². The Hall–Kier alpha value is -1.30. The van der Waals surface area contributed by atoms with Crippen LogP contribution in [0.1, 0.15) is 28.6 Å². The second-order valence-electron chi connectivity index (χ2n) is 3.77. The van der Waals surface area contributed by atoms with E-state index in [0.717, 1.165) is 0 Å². The molecule has 19 heavy (non-hydrogen) atoms. The molecule has 0 unspecified atom stereocenters. The van der Waals surface area contributed by atoms with Gasteiger partial charge in [-0.2, -0.15) is 5.10 Å². The third-order valence-electron chi connectivity index (χ3n) is 2.48. The number of halogens is 2. The molecule has 0 bridgehead atoms. The zero-order valence-corrected chi connectivity index (χ0v) is 12.5. The smallest absolute Gasteiger partial charge is 0.274 e. The Bertz CT molecular complexity index is 646. The van der Waals surface area contributed by atoms with Crippen molar-refractivity contribution in [1.29, 1.82) is 0 Å². The molecular formula is C12H10Cl2N2O2S. The maximum Gasteiger partial charge on any atom is 0.274 e. The van der Waals surface area contributed by atoms with Crippen LogP contribution in [0.5, 0.6) is 0 Å². The van der Waals surface area contributed by atoms with Gasteiger partial charge in [-0.15, -0.1) is 11.3 Å². The third kappa shape index (κ3) is 3.18. The molecule has 0 saturated heterocycles. The van der Waals surface area contributed by atoms with E-state index in [-0.39, 0.29) is 5.91 Å². The lowest BCUT2D eigenvalue weighted by Gasteiger charge is -2.01. The highest BCUT2D eigenvalue weighted by Crippen LogP contribution is 2.31. The van der Waals surface area contributed by atoms with Crippen molar-refractivity contribution in [1.82, 2.24) is 5.43 Å². The van der Waals surface area contributed by atoms with Gasteiger partial charge in [0.25, 0.3) is 5.91 Å². The van der Waals surface area contributed by atoms with Crippen LogP contribution in [0.4, 0.5) is 0 Å². The SMILES string of the molecule is CC(=NNC(=O)c1ccoc1C)c1cc(Cl)sc1Cl. The van der Waals surface area contributed by atoms with Gasteiger partial charge in [-0.05, 0) is 26.0 Å². The number of nitrogens with one attached hydrogen (secondary N) is 1. The van der Waals surface area contributed by atoms with Crippen LogP contribution in [0.2, 0.25) is 8.67 Å². The van der Waals surface area contributed by atoms with Crippen molar-refractivity contribution in [3.8, 4) is 0 Å². The third-order valence-corrected chi connectivity index (χ3v) is 3.96. The number of thiophene rings is 1. The van der Waals surface area contributed by atoms with Gasteiger partial charge < -0.3 is 4.42 Å². The molecule has 0 radical (unpaired) electrons. The van der Waals surface area contributed by atoms with Gasteiger partial charge in [0.05, 0.1) is 21.9 Å². The summed E-state index contributed by atoms with van der Waals surface area (Å²) in [7, 11) is 0. The Morgan fingerprint density at radius 2 is 2.16 bits per heavy atom. The van der Waals surface area contributed by atoms with Crippen molar-refractivity contribution >= 4 is 46.2 Å². The predicted octanol–water partition coefficient (Wildman–Crippen LogP) is 4.11. The monoisotopic (exact) mass is 316 g/mol. The van der Waals surface area contributed by atoms with E-state index in [1.165, 1.54) is 17.6 Å². The van der Waals surface area contributed by atoms with Gasteiger partial charge in [0.1, 0.15) is 10.1 Å². The van der Waals surface area contributed by atoms with Gasteiger partial charge >= 0.3 is 0 Å². The quantitative estimate of drug-likeness (QED) is 0.684. The summed E-state index contributed by atoms with van der Waals surface area (Å²) in [4.78, 5) is 11.8. The van der Waals surface area contributed by atoms with Crippen LogP contribution in [0.3, 0.4) is 0 Å². The van der Waals surface area contributed by atoms with Crippen molar-refractivity contribution in [3.05, 3.63) is 44.0 Å². The minimum Gasteiger partial charge on any atom is -0.469 e. The summed E-state index contributed by atoms with van der Waals surface area (Å²) in [5.41, 5.74) is 4.20. The van der Waals surface area contributed by atoms with E-state index in [4.69, 9.17) is 27.6 Å². The van der Waals surface area contributed by atoms with Crippen LogP contribution in [-0.4, -0.2) is 11.6 Å². The largest absolute Gasteiger partial charge is 0.469 e. The molecule has 0 aliphatic heterocycles. The van der Waals surface area contributed by atoms with E-state index in [2.05, 4.69) is 10.5 Å². The number of hydrogen-bond donors (Lipinski definition) is 1. The Morgan fingerprint density at radius 3 is 2.68 bits per heavy atom. The van der Waals surface area contributed by atoms with Gasteiger partial charge in [0.2, 0.25) is 0 Å². The van der Waals surface area contributed by atoms with E-state index >= 15 is 0 Å². The molecule has 100 valence electrons. The van der Waals surface area contributed by atoms with E-state index in [0.29, 0.717) is 31.3 Å². The summed E-state index contributed by atoms with van der Waals surface area (Å²) in [5, 5.41) is 4.00. The number of amides is 1. The van der Waals surface area contributed by atoms with E-state index in [1.54, 1.807) is 26.0 Å². The Morgan fingerprint density at radius 1 is 1.42 bits per heavy atom. The molecule has 0 fully saturated rings. The number of hydrazone groups is 1. The summed E-state index contributed by atoms with van der Waals surface area (Å²) >= 11 is 13.1. The molecular weight excluding hydrogens is 307 g/mol. The van der Waals surface area contributed by atoms with Gasteiger partial charge in [-0.25, -0.2) is 5.43 Å². The maximum atomic E-state index is 11.8. The van der Waals surface area contributed by atoms with Crippen molar-refractivity contribution in [3.63, 3.8) is 0 Å². The van der Waals surface area contributed by atoms with Gasteiger partial charge in [-0.1, -0.05) is 23.2 Å². The number of furan rings is 1. The van der Waals surface area contributed by atoms with E-state index < -0.39 is 0 Å². The minimum absolute atomic E-state index is 0.331. The predicted molar refractivity (Wildman–Crippen MR) is 77.5 cm³/mol. The number of carbonyl (C=O) groups excluding carboxylic acids is 1. The molecule has 0 atom stereocenters. The summed E-state index contributed by atoms with van der Waals surface area (Å²) < 4.78 is 6.17. The lowest BCUT2D eigenvalue weighted by Crippen LogP contribution is -2.19. The Labute approximate surface area is 124 Å². The van der Waals surface area contributed by atoms with Gasteiger partial charge in [0, 0.05) is 5.56 Å². The molecule has 2 heterocycles. The Kier molecular flexibility index (Phi) is 4.29. The number of carbonyl (C=O) groups is 1. The molecule has 1 amide bonds. The molecule has 0 aliphatic rings. The van der Waals surface area contributed by atoms with Crippen molar-refractivity contribution in [2.24, 2.45) is 5.10 Å². The minimum atomic E-state index is -0.331. The average molecular weight is 317 g/mol. The van der Waals surface area contributed by atoms with Crippen LogP contribution in [-0.2, 0) is 0 Å². The maximum absolute atomic E-state index is 11.8. The lowest BCUT2D eigenvalue weighted by atomic mass is 10.2. The Balaban J connectivity index is 2.13. The first-order valence-electron chi connectivity index (χ1n) is 5.33. The first kappa shape index (κ1) is 14.1. The standard InChI is InChI=1S/C12H10Cl2N2O2S/c1-6(9-5-10(13)19-11(9)14)15-16-12(17)8-3-4-18-7(8)2/h3-5H,1-2H3,(H,16,17). The van der Waals surface area contributed by atoms with Crippen LogP contribution in [0, 0.1) is 6.92 Å². The number of hydrogen-bond acceptors (Lipinski definition) is 4. The highest BCUT2D eigenvalue weighted by atomic mass is 35.5. The van der Waals surface area contributed by atoms with Crippen molar-refractivity contribution in [2.75, 3.05) is 0 Å². The molecule has 0 aromatic carbocycles. The van der Waals surface area contributed by atoms with Crippen molar-refractivity contribution < 1.29 is 9.21 Å². The van der Waals surface area contributed by atoms with Gasteiger partial charge in [0.15, 0.2) is 0 Å². The molecule has 1 N–H and O–H groups in total. The molecule has 2 aromatic rings.